The number of imidazole rings is 1. The van der Waals surface area contributed by atoms with Crippen molar-refractivity contribution < 1.29 is 33.4 Å². The summed E-state index contributed by atoms with van der Waals surface area (Å²) in [6.45, 7) is 4.91. The van der Waals surface area contributed by atoms with Crippen LogP contribution in [0.25, 0.3) is 22.4 Å². The number of rotatable bonds is 11. The van der Waals surface area contributed by atoms with E-state index >= 15 is 0 Å². The first-order valence-electron chi connectivity index (χ1n) is 16.9. The van der Waals surface area contributed by atoms with Gasteiger partial charge in [0.05, 0.1) is 32.2 Å². The van der Waals surface area contributed by atoms with E-state index in [9.17, 15) is 24.0 Å². The smallest absolute Gasteiger partial charge is 0.407 e. The summed E-state index contributed by atoms with van der Waals surface area (Å²) in [5.41, 5.74) is 4.76. The standard InChI is InChI=1S/C36H45N7O7/c1-22(2)31(41-36(48)50-4)34(46)43-18-6-8-29(43)33(45)38-19-23-9-11-24(12-10-23)25-13-15-26(16-14-25)27-20-37-32(40-27)28-7-5-17-42(28)30(44)21-39-35(47)49-3/h9-16,20,22,28-29,31H,5-8,17-19,21H2,1-4H3,(H,37,40)(H,38,45)(H,39,47)(H,41,48)/t28-,29-,31-/m0/s1. The molecule has 3 atom stereocenters. The number of nitrogens with one attached hydrogen (secondary N) is 4. The Balaban J connectivity index is 1.15. The Morgan fingerprint density at radius 2 is 1.46 bits per heavy atom. The SMILES string of the molecule is COC(=O)NCC(=O)N1CCC[C@H]1c1ncc(-c2ccc(-c3ccc(CNC(=O)[C@@H]4CCCN4C(=O)[C@@H](NC(=O)OC)C(C)C)cc3)cc2)[nH]1. The summed E-state index contributed by atoms with van der Waals surface area (Å²) in [4.78, 5) is 73.6. The van der Waals surface area contributed by atoms with E-state index in [0.717, 1.165) is 40.8 Å². The molecule has 1 aromatic heterocycles. The minimum Gasteiger partial charge on any atom is -0.453 e. The molecule has 0 bridgehead atoms. The molecular weight excluding hydrogens is 642 g/mol. The lowest BCUT2D eigenvalue weighted by Gasteiger charge is -2.30. The average Bonchev–Trinajstić information content (AvgIpc) is 3.93. The number of H-pyrrole nitrogens is 1. The molecule has 5 amide bonds. The maximum Gasteiger partial charge on any atom is 0.407 e. The van der Waals surface area contributed by atoms with Crippen molar-refractivity contribution in [1.29, 1.82) is 0 Å². The zero-order chi connectivity index (χ0) is 35.8. The number of likely N-dealkylation sites (tertiary alicyclic amines) is 2. The number of hydrogen-bond donors (Lipinski definition) is 4. The van der Waals surface area contributed by atoms with E-state index in [1.54, 1.807) is 16.0 Å². The third-order valence-electron chi connectivity index (χ3n) is 9.23. The highest BCUT2D eigenvalue weighted by atomic mass is 16.5. The highest BCUT2D eigenvalue weighted by molar-refractivity contribution is 5.92. The summed E-state index contributed by atoms with van der Waals surface area (Å²) in [7, 11) is 2.50. The molecule has 3 heterocycles. The van der Waals surface area contributed by atoms with Crippen molar-refractivity contribution in [2.75, 3.05) is 33.9 Å². The van der Waals surface area contributed by atoms with Crippen LogP contribution >= 0.6 is 0 Å². The van der Waals surface area contributed by atoms with Crippen molar-refractivity contribution in [3.05, 3.63) is 66.1 Å². The van der Waals surface area contributed by atoms with Crippen LogP contribution in [0.15, 0.2) is 54.7 Å². The van der Waals surface area contributed by atoms with Crippen LogP contribution < -0.4 is 16.0 Å². The van der Waals surface area contributed by atoms with Crippen LogP contribution in [0.4, 0.5) is 9.59 Å². The van der Waals surface area contributed by atoms with Crippen LogP contribution in [0, 0.1) is 5.92 Å². The van der Waals surface area contributed by atoms with Gasteiger partial charge in [-0.2, -0.15) is 0 Å². The van der Waals surface area contributed by atoms with Crippen LogP contribution in [0.3, 0.4) is 0 Å². The Hall–Kier alpha value is -5.40. The fourth-order valence-electron chi connectivity index (χ4n) is 6.47. The molecule has 0 saturated carbocycles. The molecule has 4 N–H and O–H groups in total. The van der Waals surface area contributed by atoms with E-state index in [1.807, 2.05) is 62.4 Å². The first-order chi connectivity index (χ1) is 24.1. The second-order valence-corrected chi connectivity index (χ2v) is 12.8. The molecule has 5 rings (SSSR count). The molecule has 3 aromatic rings. The van der Waals surface area contributed by atoms with E-state index in [2.05, 4.69) is 35.4 Å². The maximum atomic E-state index is 13.3. The summed E-state index contributed by atoms with van der Waals surface area (Å²) in [6.07, 6.45) is 3.34. The van der Waals surface area contributed by atoms with Gasteiger partial charge >= 0.3 is 12.2 Å². The van der Waals surface area contributed by atoms with Crippen molar-refractivity contribution in [3.8, 4) is 22.4 Å². The maximum absolute atomic E-state index is 13.3. The average molecular weight is 688 g/mol. The topological polar surface area (TPSA) is 175 Å². The van der Waals surface area contributed by atoms with Crippen molar-refractivity contribution in [2.45, 2.75) is 64.2 Å². The van der Waals surface area contributed by atoms with Crippen LogP contribution in [-0.4, -0.2) is 95.6 Å². The largest absolute Gasteiger partial charge is 0.453 e. The molecule has 2 fully saturated rings. The van der Waals surface area contributed by atoms with Crippen molar-refractivity contribution in [1.82, 2.24) is 35.7 Å². The molecule has 0 radical (unpaired) electrons. The van der Waals surface area contributed by atoms with Gasteiger partial charge in [0.1, 0.15) is 24.5 Å². The van der Waals surface area contributed by atoms with E-state index in [0.29, 0.717) is 38.3 Å². The van der Waals surface area contributed by atoms with Crippen molar-refractivity contribution in [3.63, 3.8) is 0 Å². The third-order valence-corrected chi connectivity index (χ3v) is 9.23. The second kappa shape index (κ2) is 16.3. The summed E-state index contributed by atoms with van der Waals surface area (Å²) in [5.74, 6) is -0.160. The van der Waals surface area contributed by atoms with Crippen molar-refractivity contribution >= 4 is 29.9 Å². The number of carbonyl (C=O) groups excluding carboxylic acids is 5. The number of hydrogen-bond acceptors (Lipinski definition) is 8. The van der Waals surface area contributed by atoms with Gasteiger partial charge in [-0.15, -0.1) is 0 Å². The predicted octanol–water partition coefficient (Wildman–Crippen LogP) is 3.75. The fraction of sp³-hybridized carbons (Fsp3) is 0.444. The van der Waals surface area contributed by atoms with Gasteiger partial charge < -0.3 is 40.2 Å². The van der Waals surface area contributed by atoms with Crippen LogP contribution in [0.5, 0.6) is 0 Å². The number of benzene rings is 2. The third kappa shape index (κ3) is 8.41. The van der Waals surface area contributed by atoms with Crippen LogP contribution in [0.1, 0.15) is 57.0 Å². The minimum absolute atomic E-state index is 0.132. The molecule has 0 aliphatic carbocycles. The molecule has 2 aliphatic heterocycles. The number of amides is 5. The zero-order valence-corrected chi connectivity index (χ0v) is 28.9. The Morgan fingerprint density at radius 3 is 2.12 bits per heavy atom. The number of methoxy groups -OCH3 is 2. The monoisotopic (exact) mass is 687 g/mol. The van der Waals surface area contributed by atoms with Crippen molar-refractivity contribution in [2.24, 2.45) is 5.92 Å². The zero-order valence-electron chi connectivity index (χ0n) is 28.9. The molecule has 14 heteroatoms. The number of carbonyl (C=O) groups is 5. The Labute approximate surface area is 291 Å². The van der Waals surface area contributed by atoms with E-state index in [4.69, 9.17) is 0 Å². The van der Waals surface area contributed by atoms with Gasteiger partial charge in [-0.05, 0) is 53.9 Å². The predicted molar refractivity (Wildman–Crippen MR) is 184 cm³/mol. The highest BCUT2D eigenvalue weighted by Gasteiger charge is 2.38. The number of aromatic amines is 1. The van der Waals surface area contributed by atoms with E-state index in [-0.39, 0.29) is 36.2 Å². The fourth-order valence-corrected chi connectivity index (χ4v) is 6.47. The summed E-state index contributed by atoms with van der Waals surface area (Å²) >= 11 is 0. The first kappa shape index (κ1) is 35.9. The quantitative estimate of drug-likeness (QED) is 0.236. The molecule has 50 heavy (non-hydrogen) atoms. The number of nitrogens with zero attached hydrogens (tertiary/aromatic N) is 3. The highest BCUT2D eigenvalue weighted by Crippen LogP contribution is 2.32. The molecule has 2 aliphatic rings. The molecule has 0 spiro atoms. The van der Waals surface area contributed by atoms with Crippen LogP contribution in [-0.2, 0) is 30.4 Å². The Bertz CT molecular complexity index is 1670. The lowest BCUT2D eigenvalue weighted by atomic mass is 10.0. The molecule has 266 valence electrons. The second-order valence-electron chi connectivity index (χ2n) is 12.8. The number of aromatic nitrogens is 2. The van der Waals surface area contributed by atoms with Gasteiger partial charge in [0.2, 0.25) is 17.7 Å². The molecule has 14 nitrogen and oxygen atoms in total. The molecular formula is C36H45N7O7. The lowest BCUT2D eigenvalue weighted by molar-refractivity contribution is -0.140. The minimum atomic E-state index is -0.779. The summed E-state index contributed by atoms with van der Waals surface area (Å²) in [5, 5.41) is 8.03. The lowest BCUT2D eigenvalue weighted by Crippen LogP contribution is -2.55. The molecule has 2 aromatic carbocycles. The van der Waals surface area contributed by atoms with E-state index in [1.165, 1.54) is 14.2 Å². The van der Waals surface area contributed by atoms with Gasteiger partial charge in [0, 0.05) is 19.6 Å². The summed E-state index contributed by atoms with van der Waals surface area (Å²) in [6, 6.07) is 14.5. The molecule has 2 saturated heterocycles. The van der Waals surface area contributed by atoms with Gasteiger partial charge in [0.15, 0.2) is 0 Å². The van der Waals surface area contributed by atoms with Gasteiger partial charge in [0.25, 0.3) is 0 Å². The first-order valence-corrected chi connectivity index (χ1v) is 16.9. The van der Waals surface area contributed by atoms with Gasteiger partial charge in [-0.25, -0.2) is 14.6 Å². The Kier molecular flexibility index (Phi) is 11.7. The normalized spacial score (nSPS) is 17.7. The molecule has 0 unspecified atom stereocenters. The Morgan fingerprint density at radius 1 is 0.840 bits per heavy atom. The van der Waals surface area contributed by atoms with E-state index < -0.39 is 24.3 Å². The summed E-state index contributed by atoms with van der Waals surface area (Å²) < 4.78 is 9.24. The van der Waals surface area contributed by atoms with Gasteiger partial charge in [-0.1, -0.05) is 62.4 Å². The van der Waals surface area contributed by atoms with Crippen LogP contribution in [0.2, 0.25) is 0 Å². The number of ether oxygens (including phenoxy) is 2. The number of alkyl carbamates (subject to hydrolysis) is 2. The van der Waals surface area contributed by atoms with Gasteiger partial charge in [-0.3, -0.25) is 14.4 Å².